The number of urea groups is 1. The number of aromatic nitrogens is 4. The molecule has 8 nitrogen and oxygen atoms in total. The van der Waals surface area contributed by atoms with Crippen molar-refractivity contribution in [1.82, 2.24) is 24.8 Å². The Morgan fingerprint density at radius 3 is 2.85 bits per heavy atom. The van der Waals surface area contributed by atoms with Gasteiger partial charge >= 0.3 is 6.03 Å². The smallest absolute Gasteiger partial charge is 0.318 e. The van der Waals surface area contributed by atoms with Crippen LogP contribution in [0.15, 0.2) is 47.5 Å². The van der Waals surface area contributed by atoms with Gasteiger partial charge in [-0.1, -0.05) is 17.7 Å². The average Bonchev–Trinajstić information content (AvgIpc) is 2.70. The maximum atomic E-state index is 12.5. The Balaban J connectivity index is 1.56. The summed E-state index contributed by atoms with van der Waals surface area (Å²) in [5, 5.41) is 3.12. The van der Waals surface area contributed by atoms with Gasteiger partial charge in [-0.3, -0.25) is 9.78 Å². The number of anilines is 1. The summed E-state index contributed by atoms with van der Waals surface area (Å²) in [7, 11) is 0. The van der Waals surface area contributed by atoms with Gasteiger partial charge in [0.2, 0.25) is 0 Å². The summed E-state index contributed by atoms with van der Waals surface area (Å²) in [5.74, 6) is 0.392. The van der Waals surface area contributed by atoms with Crippen LogP contribution in [-0.2, 0) is 13.0 Å². The van der Waals surface area contributed by atoms with Crippen LogP contribution in [0, 0.1) is 0 Å². The van der Waals surface area contributed by atoms with Crippen LogP contribution in [0.25, 0.3) is 11.5 Å². The molecule has 0 spiro atoms. The Morgan fingerprint density at radius 2 is 2.11 bits per heavy atom. The summed E-state index contributed by atoms with van der Waals surface area (Å²) >= 11 is 5.75. The Bertz CT molecular complexity index is 1040. The van der Waals surface area contributed by atoms with Gasteiger partial charge in [0.05, 0.1) is 24.1 Å². The number of fused-ring (bicyclic) bond motifs is 1. The summed E-state index contributed by atoms with van der Waals surface area (Å²) in [6.45, 7) is 0.666. The van der Waals surface area contributed by atoms with Crippen molar-refractivity contribution in [3.05, 3.63) is 69.5 Å². The predicted molar refractivity (Wildman–Crippen MR) is 100 cm³/mol. The van der Waals surface area contributed by atoms with Crippen molar-refractivity contribution in [3.63, 3.8) is 0 Å². The molecule has 0 aromatic carbocycles. The first kappa shape index (κ1) is 17.2. The number of aromatic amines is 1. The topological polar surface area (TPSA) is 104 Å². The standard InChI is InChI=1S/C18H15ClN6O2/c19-15-5-4-11(9-21-15)22-18(27)25-8-6-12-14(10-25)23-16(24-17(12)26)13-3-1-2-7-20-13/h1-5,7,9H,6,8,10H2,(H,22,27)(H,23,24,26). The van der Waals surface area contributed by atoms with Gasteiger partial charge < -0.3 is 15.2 Å². The highest BCUT2D eigenvalue weighted by Crippen LogP contribution is 2.18. The van der Waals surface area contributed by atoms with Crippen LogP contribution < -0.4 is 10.9 Å². The Kier molecular flexibility index (Phi) is 4.55. The van der Waals surface area contributed by atoms with E-state index in [4.69, 9.17) is 11.6 Å². The second-order valence-corrected chi connectivity index (χ2v) is 6.41. The van der Waals surface area contributed by atoms with Gasteiger partial charge in [-0.2, -0.15) is 0 Å². The van der Waals surface area contributed by atoms with E-state index in [2.05, 4.69) is 25.3 Å². The molecule has 0 unspecified atom stereocenters. The second kappa shape index (κ2) is 7.16. The van der Waals surface area contributed by atoms with E-state index in [1.165, 1.54) is 6.20 Å². The van der Waals surface area contributed by atoms with E-state index in [0.29, 0.717) is 46.6 Å². The highest BCUT2D eigenvalue weighted by molar-refractivity contribution is 6.29. The maximum Gasteiger partial charge on any atom is 0.322 e. The first-order valence-corrected chi connectivity index (χ1v) is 8.69. The molecular weight excluding hydrogens is 368 g/mol. The van der Waals surface area contributed by atoms with Crippen molar-refractivity contribution in [2.45, 2.75) is 13.0 Å². The van der Waals surface area contributed by atoms with Crippen molar-refractivity contribution >= 4 is 23.3 Å². The molecule has 0 saturated heterocycles. The number of rotatable bonds is 2. The molecular formula is C18H15ClN6O2. The molecule has 0 aliphatic carbocycles. The fourth-order valence-electron chi connectivity index (χ4n) is 2.89. The molecule has 4 rings (SSSR count). The van der Waals surface area contributed by atoms with Crippen LogP contribution in [0.4, 0.5) is 10.5 Å². The first-order valence-electron chi connectivity index (χ1n) is 8.31. The first-order chi connectivity index (χ1) is 13.1. The molecule has 27 heavy (non-hydrogen) atoms. The maximum absolute atomic E-state index is 12.5. The van der Waals surface area contributed by atoms with E-state index in [0.717, 1.165) is 0 Å². The Hall–Kier alpha value is -3.26. The zero-order chi connectivity index (χ0) is 18.8. The number of amides is 2. The fourth-order valence-corrected chi connectivity index (χ4v) is 3.00. The van der Waals surface area contributed by atoms with E-state index >= 15 is 0 Å². The number of hydrogen-bond acceptors (Lipinski definition) is 5. The quantitative estimate of drug-likeness (QED) is 0.662. The molecule has 2 N–H and O–H groups in total. The minimum atomic E-state index is -0.286. The van der Waals surface area contributed by atoms with Gasteiger partial charge in [0, 0.05) is 18.3 Å². The molecule has 9 heteroatoms. The van der Waals surface area contributed by atoms with Crippen LogP contribution in [0.2, 0.25) is 5.15 Å². The minimum absolute atomic E-state index is 0.192. The lowest BCUT2D eigenvalue weighted by molar-refractivity contribution is 0.205. The Morgan fingerprint density at radius 1 is 1.22 bits per heavy atom. The molecule has 4 heterocycles. The summed E-state index contributed by atoms with van der Waals surface area (Å²) in [4.78, 5) is 42.0. The van der Waals surface area contributed by atoms with E-state index in [1.54, 1.807) is 35.4 Å². The lowest BCUT2D eigenvalue weighted by Crippen LogP contribution is -2.41. The molecule has 2 amide bonds. The molecule has 136 valence electrons. The number of carbonyl (C=O) groups excluding carboxylic acids is 1. The number of carbonyl (C=O) groups is 1. The van der Waals surface area contributed by atoms with E-state index in [9.17, 15) is 9.59 Å². The number of H-pyrrole nitrogens is 1. The van der Waals surface area contributed by atoms with Crippen molar-refractivity contribution in [2.75, 3.05) is 11.9 Å². The highest BCUT2D eigenvalue weighted by atomic mass is 35.5. The lowest BCUT2D eigenvalue weighted by Gasteiger charge is -2.27. The SMILES string of the molecule is O=C(Nc1ccc(Cl)nc1)N1CCc2c(nc(-c3ccccn3)[nH]c2=O)C1. The third-order valence-corrected chi connectivity index (χ3v) is 4.47. The molecule has 0 saturated carbocycles. The molecule has 3 aromatic heterocycles. The van der Waals surface area contributed by atoms with E-state index in [1.807, 2.05) is 6.07 Å². The number of halogens is 1. The second-order valence-electron chi connectivity index (χ2n) is 6.03. The number of nitrogens with zero attached hydrogens (tertiary/aromatic N) is 4. The van der Waals surface area contributed by atoms with Gasteiger partial charge in [-0.05, 0) is 30.7 Å². The highest BCUT2D eigenvalue weighted by Gasteiger charge is 2.25. The number of hydrogen-bond donors (Lipinski definition) is 2. The largest absolute Gasteiger partial charge is 0.322 e. The Labute approximate surface area is 159 Å². The summed E-state index contributed by atoms with van der Waals surface area (Å²) in [6, 6.07) is 8.37. The number of pyridine rings is 2. The van der Waals surface area contributed by atoms with Crippen LogP contribution in [0.3, 0.4) is 0 Å². The average molecular weight is 383 g/mol. The van der Waals surface area contributed by atoms with E-state index in [-0.39, 0.29) is 18.1 Å². The minimum Gasteiger partial charge on any atom is -0.318 e. The molecule has 0 atom stereocenters. The van der Waals surface area contributed by atoms with Gasteiger partial charge in [0.1, 0.15) is 10.8 Å². The van der Waals surface area contributed by atoms with Crippen LogP contribution in [-0.4, -0.2) is 37.4 Å². The van der Waals surface area contributed by atoms with Gasteiger partial charge in [0.25, 0.3) is 5.56 Å². The predicted octanol–water partition coefficient (Wildman–Crippen LogP) is 2.47. The zero-order valence-electron chi connectivity index (χ0n) is 14.1. The lowest BCUT2D eigenvalue weighted by atomic mass is 10.1. The summed E-state index contributed by atoms with van der Waals surface area (Å²) < 4.78 is 0. The van der Waals surface area contributed by atoms with Crippen molar-refractivity contribution in [1.29, 1.82) is 0 Å². The van der Waals surface area contributed by atoms with Gasteiger partial charge in [-0.15, -0.1) is 0 Å². The van der Waals surface area contributed by atoms with E-state index < -0.39 is 0 Å². The molecule has 3 aromatic rings. The van der Waals surface area contributed by atoms with Crippen molar-refractivity contribution in [2.24, 2.45) is 0 Å². The molecule has 1 aliphatic rings. The summed E-state index contributed by atoms with van der Waals surface area (Å²) in [6.07, 6.45) is 3.56. The normalized spacial score (nSPS) is 13.1. The summed E-state index contributed by atoms with van der Waals surface area (Å²) in [5.41, 5.74) is 2.11. The zero-order valence-corrected chi connectivity index (χ0v) is 14.9. The molecule has 1 aliphatic heterocycles. The van der Waals surface area contributed by atoms with Crippen molar-refractivity contribution in [3.8, 4) is 11.5 Å². The molecule has 0 bridgehead atoms. The van der Waals surface area contributed by atoms with Crippen LogP contribution in [0.1, 0.15) is 11.3 Å². The van der Waals surface area contributed by atoms with Crippen LogP contribution >= 0.6 is 11.6 Å². The molecule has 0 radical (unpaired) electrons. The number of nitrogens with one attached hydrogen (secondary N) is 2. The van der Waals surface area contributed by atoms with Crippen molar-refractivity contribution < 1.29 is 4.79 Å². The third-order valence-electron chi connectivity index (χ3n) is 4.25. The monoisotopic (exact) mass is 382 g/mol. The van der Waals surface area contributed by atoms with Crippen LogP contribution in [0.5, 0.6) is 0 Å². The molecule has 0 fully saturated rings. The third kappa shape index (κ3) is 3.65. The van der Waals surface area contributed by atoms with Gasteiger partial charge in [-0.25, -0.2) is 14.8 Å². The van der Waals surface area contributed by atoms with Gasteiger partial charge in [0.15, 0.2) is 5.82 Å². The fraction of sp³-hybridized carbons (Fsp3) is 0.167.